The van der Waals surface area contributed by atoms with Crippen molar-refractivity contribution in [2.24, 2.45) is 0 Å². The maximum absolute atomic E-state index is 13.1. The van der Waals surface area contributed by atoms with Crippen molar-refractivity contribution in [3.8, 4) is 11.3 Å². The number of nitrogens with one attached hydrogen (secondary N) is 3. The Hall–Kier alpha value is -2.82. The Balaban J connectivity index is 1.68. The number of H-pyrrole nitrogens is 2. The second-order valence-electron chi connectivity index (χ2n) is 4.73. The Morgan fingerprint density at radius 2 is 1.81 bits per heavy atom. The second-order valence-corrected chi connectivity index (χ2v) is 4.73. The third kappa shape index (κ3) is 3.20. The molecule has 3 rings (SSSR count). The fourth-order valence-electron chi connectivity index (χ4n) is 2.11. The highest BCUT2D eigenvalue weighted by Gasteiger charge is 2.01. The molecule has 0 unspecified atom stereocenters. The Morgan fingerprint density at radius 3 is 2.48 bits per heavy atom. The van der Waals surface area contributed by atoms with Gasteiger partial charge in [0.15, 0.2) is 0 Å². The third-order valence-corrected chi connectivity index (χ3v) is 3.18. The van der Waals surface area contributed by atoms with E-state index < -0.39 is 0 Å². The van der Waals surface area contributed by atoms with E-state index in [4.69, 9.17) is 0 Å². The lowest BCUT2D eigenvalue weighted by Crippen LogP contribution is -1.99. The molecule has 21 heavy (non-hydrogen) atoms. The van der Waals surface area contributed by atoms with E-state index in [-0.39, 0.29) is 11.4 Å². The van der Waals surface area contributed by atoms with Gasteiger partial charge in [-0.15, -0.1) is 0 Å². The monoisotopic (exact) mass is 283 g/mol. The van der Waals surface area contributed by atoms with E-state index in [0.717, 1.165) is 22.5 Å². The van der Waals surface area contributed by atoms with Gasteiger partial charge >= 0.3 is 0 Å². The molecule has 0 aliphatic rings. The van der Waals surface area contributed by atoms with Crippen LogP contribution >= 0.6 is 0 Å². The summed E-state index contributed by atoms with van der Waals surface area (Å²) in [6.07, 6.45) is 0. The van der Waals surface area contributed by atoms with Gasteiger partial charge in [-0.2, -0.15) is 0 Å². The molecule has 0 saturated carbocycles. The summed E-state index contributed by atoms with van der Waals surface area (Å²) in [5.74, 6) is -0.235. The van der Waals surface area contributed by atoms with Gasteiger partial charge in [-0.3, -0.25) is 15.0 Å². The number of hydrogen-bond donors (Lipinski definition) is 3. The molecule has 5 heteroatoms. The summed E-state index contributed by atoms with van der Waals surface area (Å²) in [5.41, 5.74) is 3.33. The van der Waals surface area contributed by atoms with Crippen LogP contribution in [0.25, 0.3) is 11.3 Å². The molecule has 0 atom stereocenters. The summed E-state index contributed by atoms with van der Waals surface area (Å²) in [4.78, 5) is 11.1. The molecule has 0 bridgehead atoms. The lowest BCUT2D eigenvalue weighted by molar-refractivity contribution is 0.626. The van der Waals surface area contributed by atoms with Crippen LogP contribution < -0.4 is 10.9 Å². The van der Waals surface area contributed by atoms with Crippen molar-refractivity contribution in [3.05, 3.63) is 76.3 Å². The summed E-state index contributed by atoms with van der Waals surface area (Å²) in [7, 11) is 0. The van der Waals surface area contributed by atoms with Crippen LogP contribution in [0.1, 0.15) is 5.56 Å². The van der Waals surface area contributed by atoms with Crippen LogP contribution in [0.5, 0.6) is 0 Å². The van der Waals surface area contributed by atoms with E-state index >= 15 is 0 Å². The molecule has 0 aliphatic carbocycles. The Bertz CT molecular complexity index is 790. The van der Waals surface area contributed by atoms with Crippen molar-refractivity contribution in [2.45, 2.75) is 6.54 Å². The van der Waals surface area contributed by atoms with Gasteiger partial charge < -0.3 is 5.32 Å². The SMILES string of the molecule is O=c1cc(-c2ccc(NCc3cccc(F)c3)cc2)[nH][nH]1. The van der Waals surface area contributed by atoms with E-state index in [2.05, 4.69) is 15.5 Å². The van der Waals surface area contributed by atoms with Gasteiger partial charge in [0.05, 0.1) is 5.69 Å². The van der Waals surface area contributed by atoms with Crippen LogP contribution in [0.4, 0.5) is 10.1 Å². The van der Waals surface area contributed by atoms with Crippen LogP contribution in [0.15, 0.2) is 59.4 Å². The standard InChI is InChI=1S/C16H14FN3O/c17-13-3-1-2-11(8-13)10-18-14-6-4-12(5-7-14)15-9-16(21)20-19-15/h1-9,18H,10H2,(H2,19,20,21). The molecule has 0 amide bonds. The van der Waals surface area contributed by atoms with Gasteiger partial charge in [0.2, 0.25) is 0 Å². The molecule has 1 heterocycles. The molecule has 3 N–H and O–H groups in total. The Morgan fingerprint density at radius 1 is 1.00 bits per heavy atom. The normalized spacial score (nSPS) is 10.5. The van der Waals surface area contributed by atoms with E-state index in [1.807, 2.05) is 30.3 Å². The zero-order valence-electron chi connectivity index (χ0n) is 11.2. The highest BCUT2D eigenvalue weighted by atomic mass is 19.1. The number of rotatable bonds is 4. The molecular weight excluding hydrogens is 269 g/mol. The maximum atomic E-state index is 13.1. The summed E-state index contributed by atoms with van der Waals surface area (Å²) in [5, 5.41) is 8.53. The molecule has 106 valence electrons. The fourth-order valence-corrected chi connectivity index (χ4v) is 2.11. The molecule has 0 radical (unpaired) electrons. The van der Waals surface area contributed by atoms with Crippen molar-refractivity contribution in [2.75, 3.05) is 5.32 Å². The van der Waals surface area contributed by atoms with Crippen LogP contribution in [-0.4, -0.2) is 10.2 Å². The van der Waals surface area contributed by atoms with Crippen LogP contribution in [0.2, 0.25) is 0 Å². The van der Waals surface area contributed by atoms with Gasteiger partial charge in [-0.05, 0) is 35.4 Å². The number of hydrogen-bond acceptors (Lipinski definition) is 2. The molecule has 0 fully saturated rings. The minimum absolute atomic E-state index is 0.154. The number of halogens is 1. The van der Waals surface area contributed by atoms with E-state index in [1.165, 1.54) is 18.2 Å². The first-order chi connectivity index (χ1) is 10.2. The number of aromatic amines is 2. The lowest BCUT2D eigenvalue weighted by Gasteiger charge is -2.07. The number of anilines is 1. The zero-order valence-corrected chi connectivity index (χ0v) is 11.2. The van der Waals surface area contributed by atoms with Gasteiger partial charge in [-0.1, -0.05) is 24.3 Å². The molecule has 0 spiro atoms. The first kappa shape index (κ1) is 13.2. The predicted octanol–water partition coefficient (Wildman–Crippen LogP) is 3.12. The van der Waals surface area contributed by atoms with Crippen molar-refractivity contribution in [1.29, 1.82) is 0 Å². The average Bonchev–Trinajstić information content (AvgIpc) is 2.92. The largest absolute Gasteiger partial charge is 0.381 e. The van der Waals surface area contributed by atoms with Crippen LogP contribution in [-0.2, 0) is 6.54 Å². The third-order valence-electron chi connectivity index (χ3n) is 3.18. The molecule has 0 saturated heterocycles. The minimum atomic E-state index is -0.235. The number of aromatic nitrogens is 2. The van der Waals surface area contributed by atoms with E-state index in [0.29, 0.717) is 6.54 Å². The van der Waals surface area contributed by atoms with Crippen LogP contribution in [0.3, 0.4) is 0 Å². The van der Waals surface area contributed by atoms with Crippen molar-refractivity contribution >= 4 is 5.69 Å². The molecular formula is C16H14FN3O. The zero-order chi connectivity index (χ0) is 14.7. The molecule has 4 nitrogen and oxygen atoms in total. The molecule has 3 aromatic rings. The fraction of sp³-hybridized carbons (Fsp3) is 0.0625. The summed E-state index contributed by atoms with van der Waals surface area (Å²) >= 11 is 0. The lowest BCUT2D eigenvalue weighted by atomic mass is 10.1. The number of benzene rings is 2. The predicted molar refractivity (Wildman–Crippen MR) is 80.6 cm³/mol. The summed E-state index contributed by atoms with van der Waals surface area (Å²) in [6, 6.07) is 15.7. The topological polar surface area (TPSA) is 60.7 Å². The highest BCUT2D eigenvalue weighted by Crippen LogP contribution is 2.18. The van der Waals surface area contributed by atoms with Gasteiger partial charge in [-0.25, -0.2) is 4.39 Å². The smallest absolute Gasteiger partial charge is 0.264 e. The molecule has 2 aromatic carbocycles. The van der Waals surface area contributed by atoms with E-state index in [1.54, 1.807) is 6.07 Å². The first-order valence-electron chi connectivity index (χ1n) is 6.57. The molecule has 1 aromatic heterocycles. The van der Waals surface area contributed by atoms with E-state index in [9.17, 15) is 9.18 Å². The minimum Gasteiger partial charge on any atom is -0.381 e. The van der Waals surface area contributed by atoms with Crippen molar-refractivity contribution < 1.29 is 4.39 Å². The quantitative estimate of drug-likeness (QED) is 0.689. The van der Waals surface area contributed by atoms with Crippen LogP contribution in [0, 0.1) is 5.82 Å². The second kappa shape index (κ2) is 5.66. The summed E-state index contributed by atoms with van der Waals surface area (Å²) < 4.78 is 13.1. The van der Waals surface area contributed by atoms with Crippen molar-refractivity contribution in [3.63, 3.8) is 0 Å². The maximum Gasteiger partial charge on any atom is 0.264 e. The van der Waals surface area contributed by atoms with Gasteiger partial charge in [0.1, 0.15) is 5.82 Å². The highest BCUT2D eigenvalue weighted by molar-refractivity contribution is 5.62. The Labute approximate surface area is 120 Å². The van der Waals surface area contributed by atoms with Gasteiger partial charge in [0.25, 0.3) is 5.56 Å². The van der Waals surface area contributed by atoms with Crippen molar-refractivity contribution in [1.82, 2.24) is 10.2 Å². The first-order valence-corrected chi connectivity index (χ1v) is 6.57. The Kier molecular flexibility index (Phi) is 3.55. The molecule has 0 aliphatic heterocycles. The average molecular weight is 283 g/mol. The van der Waals surface area contributed by atoms with Gasteiger partial charge in [0, 0.05) is 18.3 Å². The summed E-state index contributed by atoms with van der Waals surface area (Å²) in [6.45, 7) is 0.554.